The SMILES string of the molecule is C=c1cccc(O)c1=C. The van der Waals surface area contributed by atoms with Gasteiger partial charge < -0.3 is 5.11 Å². The highest BCUT2D eigenvalue weighted by molar-refractivity contribution is 5.28. The predicted octanol–water partition coefficient (Wildman–Crippen LogP) is 0.213. The lowest BCUT2D eigenvalue weighted by Gasteiger charge is -1.89. The Morgan fingerprint density at radius 1 is 1.22 bits per heavy atom. The molecule has 0 aromatic heterocycles. The minimum atomic E-state index is 0.211. The molecule has 0 saturated heterocycles. The normalized spacial score (nSPS) is 9.33. The molecule has 1 N–H and O–H groups in total. The number of aromatic hydroxyl groups is 1. The lowest BCUT2D eigenvalue weighted by atomic mass is 10.2. The van der Waals surface area contributed by atoms with Gasteiger partial charge in [-0.3, -0.25) is 0 Å². The molecule has 1 aromatic rings. The Kier molecular flexibility index (Phi) is 1.27. The van der Waals surface area contributed by atoms with Crippen LogP contribution in [-0.4, -0.2) is 5.11 Å². The molecule has 0 aliphatic heterocycles. The van der Waals surface area contributed by atoms with Gasteiger partial charge in [0.05, 0.1) is 0 Å². The van der Waals surface area contributed by atoms with Crippen LogP contribution in [0.5, 0.6) is 5.75 Å². The van der Waals surface area contributed by atoms with E-state index in [4.69, 9.17) is 5.11 Å². The van der Waals surface area contributed by atoms with Crippen molar-refractivity contribution in [2.75, 3.05) is 0 Å². The predicted molar refractivity (Wildman–Crippen MR) is 38.4 cm³/mol. The highest BCUT2D eigenvalue weighted by Crippen LogP contribution is 1.91. The highest BCUT2D eigenvalue weighted by atomic mass is 16.3. The lowest BCUT2D eigenvalue weighted by Crippen LogP contribution is -2.20. The molecule has 0 heterocycles. The van der Waals surface area contributed by atoms with Crippen LogP contribution >= 0.6 is 0 Å². The second kappa shape index (κ2) is 1.94. The van der Waals surface area contributed by atoms with Gasteiger partial charge in [-0.15, -0.1) is 0 Å². The lowest BCUT2D eigenvalue weighted by molar-refractivity contribution is 0.470. The third-order valence-corrected chi connectivity index (χ3v) is 1.25. The summed E-state index contributed by atoms with van der Waals surface area (Å²) in [6, 6.07) is 5.14. The van der Waals surface area contributed by atoms with E-state index >= 15 is 0 Å². The van der Waals surface area contributed by atoms with Crippen LogP contribution in [0.15, 0.2) is 18.2 Å². The molecule has 0 aliphatic carbocycles. The summed E-state index contributed by atoms with van der Waals surface area (Å²) >= 11 is 0. The third kappa shape index (κ3) is 0.941. The number of phenolic OH excluding ortho intramolecular Hbond substituents is 1. The topological polar surface area (TPSA) is 20.2 Å². The zero-order valence-corrected chi connectivity index (χ0v) is 5.09. The van der Waals surface area contributed by atoms with E-state index < -0.39 is 0 Å². The van der Waals surface area contributed by atoms with Crippen LogP contribution in [0.1, 0.15) is 0 Å². The van der Waals surface area contributed by atoms with Gasteiger partial charge in [0.25, 0.3) is 0 Å². The van der Waals surface area contributed by atoms with Gasteiger partial charge in [-0.25, -0.2) is 0 Å². The Bertz CT molecular complexity index is 301. The van der Waals surface area contributed by atoms with Crippen molar-refractivity contribution in [2.45, 2.75) is 0 Å². The quantitative estimate of drug-likeness (QED) is 0.519. The van der Waals surface area contributed by atoms with Crippen LogP contribution in [0.4, 0.5) is 0 Å². The Hall–Kier alpha value is -1.24. The van der Waals surface area contributed by atoms with Crippen molar-refractivity contribution in [3.8, 4) is 5.75 Å². The minimum Gasteiger partial charge on any atom is -0.507 e. The first-order valence-corrected chi connectivity index (χ1v) is 2.67. The number of phenols is 1. The van der Waals surface area contributed by atoms with Gasteiger partial charge in [-0.1, -0.05) is 25.3 Å². The van der Waals surface area contributed by atoms with E-state index in [1.807, 2.05) is 6.07 Å². The molecule has 0 spiro atoms. The average Bonchev–Trinajstić information content (AvgIpc) is 1.83. The Balaban J connectivity index is 3.63. The molecule has 0 fully saturated rings. The van der Waals surface area contributed by atoms with Crippen LogP contribution < -0.4 is 10.4 Å². The molecule has 0 unspecified atom stereocenters. The maximum atomic E-state index is 9.00. The Morgan fingerprint density at radius 2 is 1.89 bits per heavy atom. The van der Waals surface area contributed by atoms with Gasteiger partial charge in [0.1, 0.15) is 5.75 Å². The van der Waals surface area contributed by atoms with Crippen molar-refractivity contribution in [1.29, 1.82) is 0 Å². The molecule has 1 nitrogen and oxygen atoms in total. The third-order valence-electron chi connectivity index (χ3n) is 1.25. The molecule has 0 atom stereocenters. The second-order valence-corrected chi connectivity index (χ2v) is 1.91. The Labute approximate surface area is 53.6 Å². The van der Waals surface area contributed by atoms with Crippen molar-refractivity contribution in [3.63, 3.8) is 0 Å². The standard InChI is InChI=1S/C8H8O/c1-6-4-3-5-8(9)7(6)2/h3-5,9H,1-2H2. The van der Waals surface area contributed by atoms with Gasteiger partial charge >= 0.3 is 0 Å². The summed E-state index contributed by atoms with van der Waals surface area (Å²) in [6.45, 7) is 7.27. The first-order chi connectivity index (χ1) is 4.22. The van der Waals surface area contributed by atoms with E-state index in [1.54, 1.807) is 12.1 Å². The van der Waals surface area contributed by atoms with Crippen molar-refractivity contribution in [2.24, 2.45) is 0 Å². The van der Waals surface area contributed by atoms with E-state index in [-0.39, 0.29) is 5.75 Å². The van der Waals surface area contributed by atoms with Gasteiger partial charge in [0, 0.05) is 5.22 Å². The van der Waals surface area contributed by atoms with Gasteiger partial charge in [0.2, 0.25) is 0 Å². The Morgan fingerprint density at radius 3 is 2.33 bits per heavy atom. The van der Waals surface area contributed by atoms with Gasteiger partial charge in [-0.2, -0.15) is 0 Å². The van der Waals surface area contributed by atoms with Crippen molar-refractivity contribution in [1.82, 2.24) is 0 Å². The van der Waals surface area contributed by atoms with Crippen molar-refractivity contribution < 1.29 is 5.11 Å². The van der Waals surface area contributed by atoms with E-state index in [1.165, 1.54) is 0 Å². The molecule has 1 heteroatoms. The van der Waals surface area contributed by atoms with Crippen molar-refractivity contribution in [3.05, 3.63) is 28.6 Å². The molecule has 0 radical (unpaired) electrons. The minimum absolute atomic E-state index is 0.211. The van der Waals surface area contributed by atoms with E-state index in [0.717, 1.165) is 5.22 Å². The largest absolute Gasteiger partial charge is 0.507 e. The van der Waals surface area contributed by atoms with E-state index in [9.17, 15) is 0 Å². The maximum absolute atomic E-state index is 9.00. The molecule has 0 saturated carbocycles. The fraction of sp³-hybridized carbons (Fsp3) is 0. The number of rotatable bonds is 0. The second-order valence-electron chi connectivity index (χ2n) is 1.91. The first-order valence-electron chi connectivity index (χ1n) is 2.67. The van der Waals surface area contributed by atoms with Crippen molar-refractivity contribution >= 4 is 13.2 Å². The van der Waals surface area contributed by atoms with E-state index in [2.05, 4.69) is 13.2 Å². The monoisotopic (exact) mass is 120 g/mol. The summed E-state index contributed by atoms with van der Waals surface area (Å²) in [6.07, 6.45) is 0. The maximum Gasteiger partial charge on any atom is 0.122 e. The fourth-order valence-corrected chi connectivity index (χ4v) is 0.621. The fourth-order valence-electron chi connectivity index (χ4n) is 0.621. The molecule has 1 aromatic carbocycles. The highest BCUT2D eigenvalue weighted by Gasteiger charge is 1.84. The van der Waals surface area contributed by atoms with Crippen LogP contribution in [0.25, 0.3) is 13.2 Å². The summed E-state index contributed by atoms with van der Waals surface area (Å²) in [5, 5.41) is 10.4. The van der Waals surface area contributed by atoms with Gasteiger partial charge in [0.15, 0.2) is 0 Å². The smallest absolute Gasteiger partial charge is 0.122 e. The van der Waals surface area contributed by atoms with Crippen LogP contribution in [0, 0.1) is 0 Å². The molecule has 0 amide bonds. The summed E-state index contributed by atoms with van der Waals surface area (Å²) in [4.78, 5) is 0. The first kappa shape index (κ1) is 5.89. The molecule has 0 bridgehead atoms. The summed E-state index contributed by atoms with van der Waals surface area (Å²) in [7, 11) is 0. The zero-order chi connectivity index (χ0) is 6.85. The number of hydrogen-bond donors (Lipinski definition) is 1. The summed E-state index contributed by atoms with van der Waals surface area (Å²) in [5.41, 5.74) is 0. The molecule has 9 heavy (non-hydrogen) atoms. The van der Waals surface area contributed by atoms with Crippen LogP contribution in [-0.2, 0) is 0 Å². The van der Waals surface area contributed by atoms with Gasteiger partial charge in [-0.05, 0) is 11.3 Å². The zero-order valence-electron chi connectivity index (χ0n) is 5.09. The molecule has 1 rings (SSSR count). The van der Waals surface area contributed by atoms with Crippen LogP contribution in [0.3, 0.4) is 0 Å². The number of hydrogen-bond acceptors (Lipinski definition) is 1. The molecular weight excluding hydrogens is 112 g/mol. The summed E-state index contributed by atoms with van der Waals surface area (Å²) < 4.78 is 0. The molecule has 0 aliphatic rings. The van der Waals surface area contributed by atoms with E-state index in [0.29, 0.717) is 5.22 Å². The molecule has 46 valence electrons. The average molecular weight is 120 g/mol. The number of benzene rings is 1. The van der Waals surface area contributed by atoms with Crippen LogP contribution in [0.2, 0.25) is 0 Å². The molecular formula is C8H8O. The summed E-state index contributed by atoms with van der Waals surface area (Å²) in [5.74, 6) is 0.211.